The fourth-order valence-corrected chi connectivity index (χ4v) is 1.08. The van der Waals surface area contributed by atoms with Crippen molar-refractivity contribution in [3.63, 3.8) is 0 Å². The Hall–Kier alpha value is -0.160. The maximum Gasteiger partial charge on any atom is 0.181 e. The minimum atomic E-state index is -0.546. The van der Waals surface area contributed by atoms with Crippen molar-refractivity contribution >= 4 is 0 Å². The molecule has 0 aromatic rings. The van der Waals surface area contributed by atoms with Crippen LogP contribution in [-0.2, 0) is 14.2 Å². The summed E-state index contributed by atoms with van der Waals surface area (Å²) in [6, 6.07) is 0. The highest BCUT2D eigenvalue weighted by atomic mass is 16.7. The third-order valence-electron chi connectivity index (χ3n) is 1.73. The van der Waals surface area contributed by atoms with Gasteiger partial charge in [-0.25, -0.2) is 0 Å². The van der Waals surface area contributed by atoms with Crippen LogP contribution in [0.1, 0.15) is 27.2 Å². The van der Waals surface area contributed by atoms with Gasteiger partial charge in [0.05, 0.1) is 25.4 Å². The molecule has 14 heavy (non-hydrogen) atoms. The van der Waals surface area contributed by atoms with Gasteiger partial charge in [0, 0.05) is 7.11 Å². The number of methoxy groups -OCH3 is 1. The summed E-state index contributed by atoms with van der Waals surface area (Å²) < 4.78 is 15.8. The molecule has 4 heteroatoms. The molecule has 0 spiro atoms. The van der Waals surface area contributed by atoms with E-state index >= 15 is 0 Å². The lowest BCUT2D eigenvalue weighted by atomic mass is 10.3. The number of aliphatic hydroxyl groups excluding tert-OH is 1. The lowest BCUT2D eigenvalue weighted by molar-refractivity contribution is -0.211. The van der Waals surface area contributed by atoms with Gasteiger partial charge in [-0.3, -0.25) is 0 Å². The van der Waals surface area contributed by atoms with E-state index in [0.717, 1.165) is 6.42 Å². The van der Waals surface area contributed by atoms with Crippen molar-refractivity contribution in [2.24, 2.45) is 0 Å². The van der Waals surface area contributed by atoms with E-state index in [9.17, 15) is 0 Å². The molecule has 0 aromatic heterocycles. The Balaban J connectivity index is 3.87. The molecule has 0 aliphatic carbocycles. The van der Waals surface area contributed by atoms with E-state index < -0.39 is 6.29 Å². The van der Waals surface area contributed by atoms with Gasteiger partial charge in [-0.1, -0.05) is 6.92 Å². The highest BCUT2D eigenvalue weighted by molar-refractivity contribution is 4.55. The molecule has 0 aromatic carbocycles. The average Bonchev–Trinajstić information content (AvgIpc) is 2.15. The Morgan fingerprint density at radius 1 is 1.21 bits per heavy atom. The Kier molecular flexibility index (Phi) is 8.08. The smallest absolute Gasteiger partial charge is 0.181 e. The topological polar surface area (TPSA) is 47.9 Å². The predicted octanol–water partition coefficient (Wildman–Crippen LogP) is 1.17. The van der Waals surface area contributed by atoms with Gasteiger partial charge in [-0.15, -0.1) is 0 Å². The zero-order valence-corrected chi connectivity index (χ0v) is 9.53. The Labute approximate surface area is 86.2 Å². The fraction of sp³-hybridized carbons (Fsp3) is 1.00. The van der Waals surface area contributed by atoms with Gasteiger partial charge in [-0.05, 0) is 20.3 Å². The molecule has 0 rings (SSSR count). The van der Waals surface area contributed by atoms with E-state index in [0.29, 0.717) is 6.61 Å². The van der Waals surface area contributed by atoms with Gasteiger partial charge in [0.25, 0.3) is 0 Å². The maximum atomic E-state index is 9.00. The van der Waals surface area contributed by atoms with Crippen molar-refractivity contribution in [1.29, 1.82) is 0 Å². The van der Waals surface area contributed by atoms with E-state index in [2.05, 4.69) is 0 Å². The lowest BCUT2D eigenvalue weighted by Gasteiger charge is -2.23. The Morgan fingerprint density at radius 2 is 1.86 bits per heavy atom. The minimum absolute atomic E-state index is 0.0177. The summed E-state index contributed by atoms with van der Waals surface area (Å²) in [6.45, 7) is 6.22. The molecular weight excluding hydrogens is 184 g/mol. The quantitative estimate of drug-likeness (QED) is 0.606. The first-order valence-corrected chi connectivity index (χ1v) is 5.04. The van der Waals surface area contributed by atoms with E-state index in [4.69, 9.17) is 19.3 Å². The van der Waals surface area contributed by atoms with Crippen LogP contribution in [0.2, 0.25) is 0 Å². The van der Waals surface area contributed by atoms with Gasteiger partial charge in [0.1, 0.15) is 0 Å². The van der Waals surface area contributed by atoms with Crippen LogP contribution in [0.25, 0.3) is 0 Å². The van der Waals surface area contributed by atoms with Crippen LogP contribution in [-0.4, -0.2) is 43.9 Å². The van der Waals surface area contributed by atoms with Gasteiger partial charge in [0.2, 0.25) is 0 Å². The van der Waals surface area contributed by atoms with E-state index in [1.54, 1.807) is 7.11 Å². The molecule has 0 heterocycles. The summed E-state index contributed by atoms with van der Waals surface area (Å²) in [5.74, 6) is 0. The third-order valence-corrected chi connectivity index (χ3v) is 1.73. The molecular formula is C10H22O4. The third kappa shape index (κ3) is 6.32. The number of aliphatic hydroxyl groups is 1. The van der Waals surface area contributed by atoms with Gasteiger partial charge < -0.3 is 19.3 Å². The molecule has 1 N–H and O–H groups in total. The van der Waals surface area contributed by atoms with E-state index in [1.165, 1.54) is 0 Å². The molecule has 0 radical (unpaired) electrons. The number of ether oxygens (including phenoxy) is 3. The standard InChI is InChI=1S/C10H22O4/c1-5-9(7-12-4)14-10(6-11)13-8(2)3/h8-11H,5-7H2,1-4H3. The summed E-state index contributed by atoms with van der Waals surface area (Å²) in [4.78, 5) is 0. The summed E-state index contributed by atoms with van der Waals surface area (Å²) in [5.41, 5.74) is 0. The summed E-state index contributed by atoms with van der Waals surface area (Å²) >= 11 is 0. The van der Waals surface area contributed by atoms with Crippen LogP contribution in [0.3, 0.4) is 0 Å². The highest BCUT2D eigenvalue weighted by Crippen LogP contribution is 2.06. The monoisotopic (exact) mass is 206 g/mol. The first-order chi connectivity index (χ1) is 6.63. The number of hydrogen-bond donors (Lipinski definition) is 1. The Morgan fingerprint density at radius 3 is 2.21 bits per heavy atom. The maximum absolute atomic E-state index is 9.00. The molecule has 0 aliphatic rings. The van der Waals surface area contributed by atoms with Crippen LogP contribution in [0, 0.1) is 0 Å². The van der Waals surface area contributed by atoms with Crippen molar-refractivity contribution in [2.45, 2.75) is 45.7 Å². The minimum Gasteiger partial charge on any atom is -0.391 e. The van der Waals surface area contributed by atoms with Crippen molar-refractivity contribution < 1.29 is 19.3 Å². The molecule has 0 fully saturated rings. The molecule has 2 atom stereocenters. The molecule has 0 saturated carbocycles. The summed E-state index contributed by atoms with van der Waals surface area (Å²) in [6.07, 6.45) is 0.324. The fourth-order valence-electron chi connectivity index (χ4n) is 1.08. The molecule has 86 valence electrons. The first-order valence-electron chi connectivity index (χ1n) is 5.04. The molecule has 4 nitrogen and oxygen atoms in total. The van der Waals surface area contributed by atoms with Crippen LogP contribution in [0.5, 0.6) is 0 Å². The summed E-state index contributed by atoms with van der Waals surface area (Å²) in [7, 11) is 1.63. The van der Waals surface area contributed by atoms with Crippen LogP contribution < -0.4 is 0 Å². The second-order valence-electron chi connectivity index (χ2n) is 3.42. The SMILES string of the molecule is CCC(COC)OC(CO)OC(C)C. The second kappa shape index (κ2) is 8.17. The normalized spacial score (nSPS) is 15.9. The number of hydrogen-bond acceptors (Lipinski definition) is 4. The number of rotatable bonds is 8. The largest absolute Gasteiger partial charge is 0.391 e. The van der Waals surface area contributed by atoms with E-state index in [-0.39, 0.29) is 18.8 Å². The summed E-state index contributed by atoms with van der Waals surface area (Å²) in [5, 5.41) is 9.00. The predicted molar refractivity (Wildman–Crippen MR) is 54.1 cm³/mol. The highest BCUT2D eigenvalue weighted by Gasteiger charge is 2.16. The van der Waals surface area contributed by atoms with Gasteiger partial charge in [-0.2, -0.15) is 0 Å². The first kappa shape index (κ1) is 13.8. The van der Waals surface area contributed by atoms with Crippen LogP contribution in [0.15, 0.2) is 0 Å². The van der Waals surface area contributed by atoms with E-state index in [1.807, 2.05) is 20.8 Å². The van der Waals surface area contributed by atoms with Crippen molar-refractivity contribution in [3.05, 3.63) is 0 Å². The molecule has 0 aliphatic heterocycles. The van der Waals surface area contributed by atoms with Gasteiger partial charge >= 0.3 is 0 Å². The second-order valence-corrected chi connectivity index (χ2v) is 3.42. The molecule has 0 amide bonds. The molecule has 0 bridgehead atoms. The average molecular weight is 206 g/mol. The lowest BCUT2D eigenvalue weighted by Crippen LogP contribution is -2.31. The van der Waals surface area contributed by atoms with Crippen LogP contribution in [0.4, 0.5) is 0 Å². The van der Waals surface area contributed by atoms with Crippen molar-refractivity contribution in [1.82, 2.24) is 0 Å². The zero-order chi connectivity index (χ0) is 11.0. The Bertz CT molecular complexity index is 127. The molecule has 0 saturated heterocycles. The van der Waals surface area contributed by atoms with Crippen LogP contribution >= 0.6 is 0 Å². The zero-order valence-electron chi connectivity index (χ0n) is 9.53. The van der Waals surface area contributed by atoms with Crippen molar-refractivity contribution in [2.75, 3.05) is 20.3 Å². The van der Waals surface area contributed by atoms with Gasteiger partial charge in [0.15, 0.2) is 6.29 Å². The molecule has 2 unspecified atom stereocenters. The van der Waals surface area contributed by atoms with Crippen molar-refractivity contribution in [3.8, 4) is 0 Å².